The molecule has 0 saturated carbocycles. The average molecular weight is 377 g/mol. The Balaban J connectivity index is 1.55. The van der Waals surface area contributed by atoms with Crippen LogP contribution in [0.25, 0.3) is 0 Å². The fourth-order valence-electron chi connectivity index (χ4n) is 3.63. The number of hydrogen-bond acceptors (Lipinski definition) is 5. The third-order valence-corrected chi connectivity index (χ3v) is 6.77. The number of benzene rings is 1. The Morgan fingerprint density at radius 2 is 2.00 bits per heavy atom. The quantitative estimate of drug-likeness (QED) is 0.818. The Bertz CT molecular complexity index is 936. The van der Waals surface area contributed by atoms with Crippen LogP contribution in [0.5, 0.6) is 11.5 Å². The second kappa shape index (κ2) is 6.28. The molecular formula is C18H23N3O4S. The predicted octanol–water partition coefficient (Wildman–Crippen LogP) is 2.45. The number of aromatic nitrogens is 2. The molecule has 140 valence electrons. The molecule has 7 nitrogen and oxygen atoms in total. The molecule has 26 heavy (non-hydrogen) atoms. The van der Waals surface area contributed by atoms with Gasteiger partial charge in [0, 0.05) is 32.3 Å². The number of imidazole rings is 1. The zero-order valence-electron chi connectivity index (χ0n) is 15.2. The first kappa shape index (κ1) is 17.4. The van der Waals surface area contributed by atoms with Crippen molar-refractivity contribution in [3.8, 4) is 11.5 Å². The van der Waals surface area contributed by atoms with Crippen molar-refractivity contribution in [2.45, 2.75) is 37.1 Å². The summed E-state index contributed by atoms with van der Waals surface area (Å²) < 4.78 is 40.1. The molecular weight excluding hydrogens is 354 g/mol. The Hall–Kier alpha value is -2.06. The summed E-state index contributed by atoms with van der Waals surface area (Å²) >= 11 is 0. The van der Waals surface area contributed by atoms with E-state index in [9.17, 15) is 8.42 Å². The van der Waals surface area contributed by atoms with Gasteiger partial charge in [-0.3, -0.25) is 0 Å². The fourth-order valence-corrected chi connectivity index (χ4v) is 5.12. The van der Waals surface area contributed by atoms with Crippen LogP contribution in [0, 0.1) is 0 Å². The van der Waals surface area contributed by atoms with E-state index in [1.165, 1.54) is 4.31 Å². The van der Waals surface area contributed by atoms with Crippen molar-refractivity contribution in [3.05, 3.63) is 35.8 Å². The molecule has 8 heteroatoms. The highest BCUT2D eigenvalue weighted by atomic mass is 32.2. The number of hydrogen-bond donors (Lipinski definition) is 0. The third-order valence-electron chi connectivity index (χ3n) is 5.03. The van der Waals surface area contributed by atoms with Crippen LogP contribution in [0.15, 0.2) is 29.4 Å². The molecule has 0 N–H and O–H groups in total. The van der Waals surface area contributed by atoms with Crippen molar-refractivity contribution in [2.75, 3.05) is 19.9 Å². The second-order valence-electron chi connectivity index (χ2n) is 7.16. The fraction of sp³-hybridized carbons (Fsp3) is 0.500. The van der Waals surface area contributed by atoms with Gasteiger partial charge in [0.05, 0.1) is 0 Å². The Morgan fingerprint density at radius 3 is 2.73 bits per heavy atom. The molecule has 1 aromatic heterocycles. The predicted molar refractivity (Wildman–Crippen MR) is 96.0 cm³/mol. The van der Waals surface area contributed by atoms with E-state index in [0.717, 1.165) is 29.3 Å². The number of fused-ring (bicyclic) bond motifs is 1. The zero-order chi connectivity index (χ0) is 18.5. The van der Waals surface area contributed by atoms with E-state index in [-0.39, 0.29) is 23.7 Å². The lowest BCUT2D eigenvalue weighted by Crippen LogP contribution is -2.29. The molecule has 1 aromatic carbocycles. The molecule has 0 unspecified atom stereocenters. The van der Waals surface area contributed by atoms with Crippen LogP contribution in [-0.4, -0.2) is 42.2 Å². The van der Waals surface area contributed by atoms with Gasteiger partial charge in [0.2, 0.25) is 6.79 Å². The highest BCUT2D eigenvalue weighted by Gasteiger charge is 2.35. The van der Waals surface area contributed by atoms with E-state index in [1.54, 1.807) is 10.8 Å². The van der Waals surface area contributed by atoms with Crippen LogP contribution in [0.3, 0.4) is 0 Å². The monoisotopic (exact) mass is 377 g/mol. The van der Waals surface area contributed by atoms with E-state index in [0.29, 0.717) is 13.1 Å². The second-order valence-corrected chi connectivity index (χ2v) is 9.05. The maximum atomic E-state index is 13.0. The lowest BCUT2D eigenvalue weighted by Gasteiger charge is -2.15. The van der Waals surface area contributed by atoms with Gasteiger partial charge in [-0.1, -0.05) is 19.9 Å². The summed E-state index contributed by atoms with van der Waals surface area (Å²) in [7, 11) is -1.75. The number of aryl methyl sites for hydroxylation is 1. The molecule has 1 atom stereocenters. The van der Waals surface area contributed by atoms with Crippen molar-refractivity contribution in [3.63, 3.8) is 0 Å². The van der Waals surface area contributed by atoms with Gasteiger partial charge in [-0.25, -0.2) is 13.4 Å². The topological polar surface area (TPSA) is 73.7 Å². The summed E-state index contributed by atoms with van der Waals surface area (Å²) in [5.41, 5.74) is 1.08. The van der Waals surface area contributed by atoms with E-state index in [4.69, 9.17) is 9.47 Å². The average Bonchev–Trinajstić information content (AvgIpc) is 3.33. The minimum atomic E-state index is -3.58. The standard InChI is InChI=1S/C18H23N3O4S/c1-12(2)18-19-17(10-20(18)3)26(22,23)21-7-6-14(9-21)13-4-5-15-16(8-13)25-11-24-15/h4-5,8,10,12,14H,6-7,9,11H2,1-3H3/t14-/m1/s1. The largest absolute Gasteiger partial charge is 0.454 e. The van der Waals surface area contributed by atoms with E-state index in [1.807, 2.05) is 39.1 Å². The number of sulfonamides is 1. The molecule has 1 saturated heterocycles. The minimum absolute atomic E-state index is 0.134. The van der Waals surface area contributed by atoms with Gasteiger partial charge in [0.25, 0.3) is 10.0 Å². The smallest absolute Gasteiger partial charge is 0.262 e. The van der Waals surface area contributed by atoms with Crippen LogP contribution in [0.1, 0.15) is 43.5 Å². The van der Waals surface area contributed by atoms with Gasteiger partial charge in [-0.15, -0.1) is 0 Å². The molecule has 0 bridgehead atoms. The van der Waals surface area contributed by atoms with Crippen LogP contribution in [0.4, 0.5) is 0 Å². The van der Waals surface area contributed by atoms with Crippen molar-refractivity contribution in [1.29, 1.82) is 0 Å². The summed E-state index contributed by atoms with van der Waals surface area (Å²) in [5.74, 6) is 2.56. The number of nitrogens with zero attached hydrogens (tertiary/aromatic N) is 3. The van der Waals surface area contributed by atoms with Gasteiger partial charge < -0.3 is 14.0 Å². The minimum Gasteiger partial charge on any atom is -0.454 e. The van der Waals surface area contributed by atoms with Crippen LogP contribution < -0.4 is 9.47 Å². The first-order valence-electron chi connectivity index (χ1n) is 8.79. The Kier molecular flexibility index (Phi) is 4.19. The first-order valence-corrected chi connectivity index (χ1v) is 10.2. The molecule has 3 heterocycles. The van der Waals surface area contributed by atoms with Gasteiger partial charge in [-0.2, -0.15) is 4.31 Å². The van der Waals surface area contributed by atoms with E-state index in [2.05, 4.69) is 4.98 Å². The molecule has 2 aliphatic heterocycles. The molecule has 2 aromatic rings. The summed E-state index contributed by atoms with van der Waals surface area (Å²) in [6.07, 6.45) is 2.39. The molecule has 0 aliphatic carbocycles. The van der Waals surface area contributed by atoms with Crippen molar-refractivity contribution >= 4 is 10.0 Å². The highest BCUT2D eigenvalue weighted by Crippen LogP contribution is 2.38. The van der Waals surface area contributed by atoms with Gasteiger partial charge in [0.15, 0.2) is 16.5 Å². The highest BCUT2D eigenvalue weighted by molar-refractivity contribution is 7.89. The molecule has 0 radical (unpaired) electrons. The first-order chi connectivity index (χ1) is 12.4. The molecule has 2 aliphatic rings. The maximum Gasteiger partial charge on any atom is 0.262 e. The SMILES string of the molecule is CC(C)c1nc(S(=O)(=O)N2CC[C@@H](c3ccc4c(c3)OCO4)C2)cn1C. The van der Waals surface area contributed by atoms with Gasteiger partial charge in [-0.05, 0) is 30.0 Å². The van der Waals surface area contributed by atoms with Crippen molar-refractivity contribution < 1.29 is 17.9 Å². The normalized spacial score (nSPS) is 20.2. The molecule has 0 spiro atoms. The Morgan fingerprint density at radius 1 is 1.23 bits per heavy atom. The number of rotatable bonds is 4. The lowest BCUT2D eigenvalue weighted by molar-refractivity contribution is 0.174. The van der Waals surface area contributed by atoms with Crippen LogP contribution in [-0.2, 0) is 17.1 Å². The van der Waals surface area contributed by atoms with Gasteiger partial charge in [0.1, 0.15) is 5.82 Å². The zero-order valence-corrected chi connectivity index (χ0v) is 16.0. The molecule has 1 fully saturated rings. The summed E-state index contributed by atoms with van der Waals surface area (Å²) in [6, 6.07) is 5.84. The van der Waals surface area contributed by atoms with E-state index >= 15 is 0 Å². The Labute approximate surface area is 153 Å². The summed E-state index contributed by atoms with van der Waals surface area (Å²) in [4.78, 5) is 4.37. The maximum absolute atomic E-state index is 13.0. The molecule has 4 rings (SSSR count). The van der Waals surface area contributed by atoms with Gasteiger partial charge >= 0.3 is 0 Å². The summed E-state index contributed by atoms with van der Waals surface area (Å²) in [5, 5.41) is 0.134. The number of ether oxygens (including phenoxy) is 2. The van der Waals surface area contributed by atoms with Crippen molar-refractivity contribution in [1.82, 2.24) is 13.9 Å². The third kappa shape index (κ3) is 2.87. The van der Waals surface area contributed by atoms with Crippen LogP contribution in [0.2, 0.25) is 0 Å². The lowest BCUT2D eigenvalue weighted by atomic mass is 9.98. The molecule has 0 amide bonds. The van der Waals surface area contributed by atoms with Crippen molar-refractivity contribution in [2.24, 2.45) is 7.05 Å². The van der Waals surface area contributed by atoms with Crippen LogP contribution >= 0.6 is 0 Å². The van der Waals surface area contributed by atoms with E-state index < -0.39 is 10.0 Å². The summed E-state index contributed by atoms with van der Waals surface area (Å²) in [6.45, 7) is 5.20.